The van der Waals surface area contributed by atoms with Gasteiger partial charge in [-0.15, -0.1) is 0 Å². The quantitative estimate of drug-likeness (QED) is 0.720. The summed E-state index contributed by atoms with van der Waals surface area (Å²) in [6.07, 6.45) is 10.7. The molecule has 1 N–H and O–H groups in total. The summed E-state index contributed by atoms with van der Waals surface area (Å²) in [5.74, 6) is 0.729. The van der Waals surface area contributed by atoms with Crippen molar-refractivity contribution in [3.63, 3.8) is 0 Å². The highest BCUT2D eigenvalue weighted by molar-refractivity contribution is 5.87. The molecule has 1 aliphatic rings. The summed E-state index contributed by atoms with van der Waals surface area (Å²) in [5.41, 5.74) is 1.71. The van der Waals surface area contributed by atoms with Crippen LogP contribution in [0.2, 0.25) is 0 Å². The van der Waals surface area contributed by atoms with Crippen LogP contribution in [0.5, 0.6) is 0 Å². The monoisotopic (exact) mass is 274 g/mol. The van der Waals surface area contributed by atoms with Gasteiger partial charge in [-0.05, 0) is 55.2 Å². The van der Waals surface area contributed by atoms with Crippen molar-refractivity contribution < 1.29 is 9.90 Å². The Morgan fingerprint density at radius 1 is 1.10 bits per heavy atom. The Balaban J connectivity index is 1.82. The third kappa shape index (κ3) is 4.09. The molecule has 0 amide bonds. The Kier molecular flexibility index (Phi) is 5.63. The number of carbonyl (C=O) groups is 1. The van der Waals surface area contributed by atoms with Crippen LogP contribution in [0, 0.1) is 5.92 Å². The van der Waals surface area contributed by atoms with Gasteiger partial charge in [0, 0.05) is 0 Å². The van der Waals surface area contributed by atoms with Crippen LogP contribution in [0.1, 0.15) is 80.1 Å². The second-order valence-corrected chi connectivity index (χ2v) is 6.14. The van der Waals surface area contributed by atoms with Gasteiger partial charge in [0.1, 0.15) is 0 Å². The van der Waals surface area contributed by atoms with E-state index in [0.717, 1.165) is 5.92 Å². The van der Waals surface area contributed by atoms with Gasteiger partial charge in [0.2, 0.25) is 0 Å². The van der Waals surface area contributed by atoms with Crippen LogP contribution in [-0.2, 0) is 0 Å². The predicted molar refractivity (Wildman–Crippen MR) is 82.2 cm³/mol. The van der Waals surface area contributed by atoms with Crippen molar-refractivity contribution in [2.45, 2.75) is 64.2 Å². The van der Waals surface area contributed by atoms with E-state index in [0.29, 0.717) is 11.5 Å². The average molecular weight is 274 g/mol. The molecule has 0 unspecified atom stereocenters. The topological polar surface area (TPSA) is 37.3 Å². The number of aromatic carboxylic acids is 1. The summed E-state index contributed by atoms with van der Waals surface area (Å²) in [7, 11) is 0. The van der Waals surface area contributed by atoms with Crippen LogP contribution in [-0.4, -0.2) is 11.1 Å². The zero-order valence-electron chi connectivity index (χ0n) is 12.5. The van der Waals surface area contributed by atoms with Crippen molar-refractivity contribution in [3.8, 4) is 0 Å². The van der Waals surface area contributed by atoms with Crippen molar-refractivity contribution in [3.05, 3.63) is 35.4 Å². The van der Waals surface area contributed by atoms with Gasteiger partial charge in [-0.25, -0.2) is 4.79 Å². The highest BCUT2D eigenvalue weighted by Gasteiger charge is 2.22. The highest BCUT2D eigenvalue weighted by Crippen LogP contribution is 2.37. The molecule has 20 heavy (non-hydrogen) atoms. The van der Waals surface area contributed by atoms with E-state index in [1.165, 1.54) is 56.9 Å². The molecule has 2 nitrogen and oxygen atoms in total. The normalized spacial score (nSPS) is 22.6. The molecule has 0 heterocycles. The van der Waals surface area contributed by atoms with E-state index < -0.39 is 5.97 Å². The van der Waals surface area contributed by atoms with Gasteiger partial charge in [0.05, 0.1) is 5.56 Å². The van der Waals surface area contributed by atoms with Gasteiger partial charge in [-0.1, -0.05) is 44.7 Å². The standard InChI is InChI=1S/C18H26O2/c1-2-3-4-5-14-6-8-15(9-7-14)16-10-12-17(13-11-16)18(19)20/h10-15H,2-9H2,1H3,(H,19,20). The zero-order chi connectivity index (χ0) is 14.4. The van der Waals surface area contributed by atoms with Crippen molar-refractivity contribution in [1.82, 2.24) is 0 Å². The molecule has 1 aromatic carbocycles. The number of carboxylic acids is 1. The maximum absolute atomic E-state index is 10.9. The smallest absolute Gasteiger partial charge is 0.335 e. The molecular formula is C18H26O2. The number of carboxylic acid groups (broad SMARTS) is 1. The summed E-state index contributed by atoms with van der Waals surface area (Å²) >= 11 is 0. The second kappa shape index (κ2) is 7.47. The Morgan fingerprint density at radius 3 is 2.30 bits per heavy atom. The maximum atomic E-state index is 10.9. The molecule has 110 valence electrons. The number of rotatable bonds is 6. The molecule has 2 heteroatoms. The Labute approximate surface area is 122 Å². The van der Waals surface area contributed by atoms with E-state index >= 15 is 0 Å². The van der Waals surface area contributed by atoms with Crippen molar-refractivity contribution >= 4 is 5.97 Å². The molecule has 0 aliphatic heterocycles. The van der Waals surface area contributed by atoms with Gasteiger partial charge in [0.15, 0.2) is 0 Å². The summed E-state index contributed by atoms with van der Waals surface area (Å²) in [4.78, 5) is 10.9. The molecule has 0 spiro atoms. The molecule has 1 aliphatic carbocycles. The fourth-order valence-corrected chi connectivity index (χ4v) is 3.37. The molecule has 0 atom stereocenters. The van der Waals surface area contributed by atoms with Gasteiger partial charge in [0.25, 0.3) is 0 Å². The Hall–Kier alpha value is -1.31. The minimum absolute atomic E-state index is 0.391. The van der Waals surface area contributed by atoms with Crippen LogP contribution in [0.15, 0.2) is 24.3 Å². The van der Waals surface area contributed by atoms with Crippen LogP contribution < -0.4 is 0 Å². The average Bonchev–Trinajstić information content (AvgIpc) is 2.48. The summed E-state index contributed by atoms with van der Waals surface area (Å²) in [6.45, 7) is 2.26. The summed E-state index contributed by atoms with van der Waals surface area (Å²) < 4.78 is 0. The van der Waals surface area contributed by atoms with Crippen LogP contribution in [0.25, 0.3) is 0 Å². The molecule has 0 radical (unpaired) electrons. The molecule has 0 aromatic heterocycles. The number of hydrogen-bond acceptors (Lipinski definition) is 1. The lowest BCUT2D eigenvalue weighted by atomic mass is 9.77. The first-order valence-corrected chi connectivity index (χ1v) is 8.04. The Bertz CT molecular complexity index is 414. The molecule has 0 bridgehead atoms. The van der Waals surface area contributed by atoms with E-state index in [2.05, 4.69) is 6.92 Å². The minimum atomic E-state index is -0.837. The zero-order valence-corrected chi connectivity index (χ0v) is 12.5. The van der Waals surface area contributed by atoms with Gasteiger partial charge >= 0.3 is 5.97 Å². The first-order chi connectivity index (χ1) is 9.70. The minimum Gasteiger partial charge on any atom is -0.478 e. The van der Waals surface area contributed by atoms with Crippen molar-refractivity contribution in [2.24, 2.45) is 5.92 Å². The second-order valence-electron chi connectivity index (χ2n) is 6.14. The van der Waals surface area contributed by atoms with E-state index in [1.807, 2.05) is 12.1 Å². The van der Waals surface area contributed by atoms with E-state index in [9.17, 15) is 4.79 Å². The van der Waals surface area contributed by atoms with Gasteiger partial charge < -0.3 is 5.11 Å². The SMILES string of the molecule is CCCCCC1CCC(c2ccc(C(=O)O)cc2)CC1. The van der Waals surface area contributed by atoms with Crippen LogP contribution >= 0.6 is 0 Å². The summed E-state index contributed by atoms with van der Waals surface area (Å²) in [5, 5.41) is 8.92. The van der Waals surface area contributed by atoms with Crippen LogP contribution in [0.4, 0.5) is 0 Å². The predicted octanol–water partition coefficient (Wildman–Crippen LogP) is 5.24. The lowest BCUT2D eigenvalue weighted by Gasteiger charge is -2.29. The van der Waals surface area contributed by atoms with Gasteiger partial charge in [-0.3, -0.25) is 0 Å². The highest BCUT2D eigenvalue weighted by atomic mass is 16.4. The fraction of sp³-hybridized carbons (Fsp3) is 0.611. The lowest BCUT2D eigenvalue weighted by molar-refractivity contribution is 0.0697. The molecule has 1 saturated carbocycles. The number of unbranched alkanes of at least 4 members (excludes halogenated alkanes) is 2. The van der Waals surface area contributed by atoms with Gasteiger partial charge in [-0.2, -0.15) is 0 Å². The van der Waals surface area contributed by atoms with E-state index in [4.69, 9.17) is 5.11 Å². The first kappa shape index (κ1) is 15.1. The molecule has 1 fully saturated rings. The maximum Gasteiger partial charge on any atom is 0.335 e. The lowest BCUT2D eigenvalue weighted by Crippen LogP contribution is -2.13. The molecule has 0 saturated heterocycles. The number of benzene rings is 1. The largest absolute Gasteiger partial charge is 0.478 e. The van der Waals surface area contributed by atoms with E-state index in [-0.39, 0.29) is 0 Å². The van der Waals surface area contributed by atoms with Crippen molar-refractivity contribution in [1.29, 1.82) is 0 Å². The van der Waals surface area contributed by atoms with Crippen LogP contribution in [0.3, 0.4) is 0 Å². The summed E-state index contributed by atoms with van der Waals surface area (Å²) in [6, 6.07) is 7.49. The van der Waals surface area contributed by atoms with E-state index in [1.54, 1.807) is 12.1 Å². The Morgan fingerprint density at radius 2 is 1.75 bits per heavy atom. The molecular weight excluding hydrogens is 248 g/mol. The molecule has 2 rings (SSSR count). The fourth-order valence-electron chi connectivity index (χ4n) is 3.37. The number of hydrogen-bond donors (Lipinski definition) is 1. The third-order valence-electron chi connectivity index (χ3n) is 4.69. The molecule has 1 aromatic rings. The van der Waals surface area contributed by atoms with Crippen molar-refractivity contribution in [2.75, 3.05) is 0 Å². The first-order valence-electron chi connectivity index (χ1n) is 8.04. The third-order valence-corrected chi connectivity index (χ3v) is 4.69.